The van der Waals surface area contributed by atoms with Crippen molar-refractivity contribution < 1.29 is 0 Å². The number of hydrogen-bond acceptors (Lipinski definition) is 1. The molecular formula is C17H27N. The van der Waals surface area contributed by atoms with Crippen molar-refractivity contribution in [2.24, 2.45) is 5.73 Å². The van der Waals surface area contributed by atoms with Gasteiger partial charge in [0.05, 0.1) is 0 Å². The molecule has 0 unspecified atom stereocenters. The van der Waals surface area contributed by atoms with Gasteiger partial charge in [-0.15, -0.1) is 0 Å². The van der Waals surface area contributed by atoms with Crippen molar-refractivity contribution in [3.05, 3.63) is 35.4 Å². The summed E-state index contributed by atoms with van der Waals surface area (Å²) in [4.78, 5) is 0. The van der Waals surface area contributed by atoms with Gasteiger partial charge in [0.15, 0.2) is 0 Å². The molecule has 1 aromatic rings. The fraction of sp³-hybridized carbons (Fsp3) is 0.647. The maximum Gasteiger partial charge on any atom is -0.00350 e. The van der Waals surface area contributed by atoms with Crippen LogP contribution in [0.15, 0.2) is 24.3 Å². The van der Waals surface area contributed by atoms with Crippen molar-refractivity contribution >= 4 is 0 Å². The highest BCUT2D eigenvalue weighted by molar-refractivity contribution is 5.33. The van der Waals surface area contributed by atoms with E-state index in [9.17, 15) is 0 Å². The first-order chi connectivity index (χ1) is 8.48. The van der Waals surface area contributed by atoms with Crippen LogP contribution in [0.1, 0.15) is 64.0 Å². The molecule has 1 aromatic carbocycles. The van der Waals surface area contributed by atoms with Gasteiger partial charge in [-0.2, -0.15) is 0 Å². The van der Waals surface area contributed by atoms with E-state index in [1.54, 1.807) is 0 Å². The van der Waals surface area contributed by atoms with Gasteiger partial charge in [0, 0.05) is 0 Å². The normalized spacial score (nSPS) is 19.1. The molecular weight excluding hydrogens is 218 g/mol. The molecule has 1 fully saturated rings. The highest BCUT2D eigenvalue weighted by atomic mass is 14.5. The summed E-state index contributed by atoms with van der Waals surface area (Å²) >= 11 is 0. The van der Waals surface area contributed by atoms with Crippen molar-refractivity contribution in [2.75, 3.05) is 6.54 Å². The monoisotopic (exact) mass is 245 g/mol. The van der Waals surface area contributed by atoms with E-state index in [1.807, 2.05) is 0 Å². The fourth-order valence-corrected chi connectivity index (χ4v) is 3.33. The summed E-state index contributed by atoms with van der Waals surface area (Å²) in [5, 5.41) is 0. The van der Waals surface area contributed by atoms with Crippen LogP contribution in [0.3, 0.4) is 0 Å². The molecule has 1 nitrogen and oxygen atoms in total. The first kappa shape index (κ1) is 13.6. The highest BCUT2D eigenvalue weighted by Gasteiger charge is 2.34. The van der Waals surface area contributed by atoms with E-state index < -0.39 is 0 Å². The Bertz CT molecular complexity index is 377. The molecule has 0 bridgehead atoms. The summed E-state index contributed by atoms with van der Waals surface area (Å²) in [6.45, 7) is 7.62. The van der Waals surface area contributed by atoms with Gasteiger partial charge in [0.25, 0.3) is 0 Å². The van der Waals surface area contributed by atoms with Crippen molar-refractivity contribution in [1.82, 2.24) is 0 Å². The van der Waals surface area contributed by atoms with Gasteiger partial charge in [0.2, 0.25) is 0 Å². The second-order valence-electron chi connectivity index (χ2n) is 6.85. The van der Waals surface area contributed by atoms with Gasteiger partial charge in [-0.1, -0.05) is 57.9 Å². The summed E-state index contributed by atoms with van der Waals surface area (Å²) in [5.74, 6) is 0. The average molecular weight is 245 g/mol. The molecule has 1 aliphatic carbocycles. The quantitative estimate of drug-likeness (QED) is 0.850. The van der Waals surface area contributed by atoms with Crippen LogP contribution < -0.4 is 5.73 Å². The van der Waals surface area contributed by atoms with E-state index in [-0.39, 0.29) is 5.41 Å². The zero-order chi connectivity index (χ0) is 13.2. The van der Waals surface area contributed by atoms with Crippen molar-refractivity contribution in [1.29, 1.82) is 0 Å². The van der Waals surface area contributed by atoms with E-state index in [1.165, 1.54) is 36.8 Å². The fourth-order valence-electron chi connectivity index (χ4n) is 3.33. The van der Waals surface area contributed by atoms with E-state index >= 15 is 0 Å². The molecule has 100 valence electrons. The number of rotatable bonds is 3. The lowest BCUT2D eigenvalue weighted by molar-refractivity contribution is 0.411. The standard InChI is InChI=1S/C17H27N/c1-16(2,3)14-6-8-15(9-7-14)17(12-13-18)10-4-5-11-17/h6-9H,4-5,10-13,18H2,1-3H3. The van der Waals surface area contributed by atoms with Gasteiger partial charge >= 0.3 is 0 Å². The predicted octanol–water partition coefficient (Wildman–Crippen LogP) is 4.14. The molecule has 2 rings (SSSR count). The Kier molecular flexibility index (Phi) is 3.82. The minimum absolute atomic E-state index is 0.245. The zero-order valence-corrected chi connectivity index (χ0v) is 12.1. The summed E-state index contributed by atoms with van der Waals surface area (Å²) in [6.07, 6.45) is 6.50. The lowest BCUT2D eigenvalue weighted by Gasteiger charge is -2.30. The predicted molar refractivity (Wildman–Crippen MR) is 79.0 cm³/mol. The molecule has 0 atom stereocenters. The molecule has 0 aromatic heterocycles. The van der Waals surface area contributed by atoms with Crippen LogP contribution in [0.5, 0.6) is 0 Å². The molecule has 1 saturated carbocycles. The molecule has 1 heteroatoms. The molecule has 0 saturated heterocycles. The van der Waals surface area contributed by atoms with Crippen LogP contribution in [0.4, 0.5) is 0 Å². The molecule has 0 radical (unpaired) electrons. The number of nitrogens with two attached hydrogens (primary N) is 1. The Balaban J connectivity index is 2.27. The Hall–Kier alpha value is -0.820. The van der Waals surface area contributed by atoms with Gasteiger partial charge < -0.3 is 5.73 Å². The van der Waals surface area contributed by atoms with Crippen LogP contribution in [0.25, 0.3) is 0 Å². The summed E-state index contributed by atoms with van der Waals surface area (Å²) < 4.78 is 0. The lowest BCUT2D eigenvalue weighted by Crippen LogP contribution is -2.26. The van der Waals surface area contributed by atoms with Gasteiger partial charge in [0.1, 0.15) is 0 Å². The van der Waals surface area contributed by atoms with Crippen molar-refractivity contribution in [3.63, 3.8) is 0 Å². The maximum atomic E-state index is 5.83. The van der Waals surface area contributed by atoms with Crippen LogP contribution >= 0.6 is 0 Å². The minimum Gasteiger partial charge on any atom is -0.330 e. The highest BCUT2D eigenvalue weighted by Crippen LogP contribution is 2.43. The third-order valence-corrected chi connectivity index (χ3v) is 4.55. The third kappa shape index (κ3) is 2.61. The Morgan fingerprint density at radius 3 is 2.06 bits per heavy atom. The summed E-state index contributed by atoms with van der Waals surface area (Å²) in [6, 6.07) is 9.32. The van der Waals surface area contributed by atoms with E-state index in [0.29, 0.717) is 5.41 Å². The van der Waals surface area contributed by atoms with E-state index in [4.69, 9.17) is 5.73 Å². The first-order valence-corrected chi connectivity index (χ1v) is 7.29. The van der Waals surface area contributed by atoms with Gasteiger partial charge in [-0.05, 0) is 47.8 Å². The second kappa shape index (κ2) is 5.05. The average Bonchev–Trinajstić information content (AvgIpc) is 2.78. The largest absolute Gasteiger partial charge is 0.330 e. The molecule has 1 aliphatic rings. The number of hydrogen-bond donors (Lipinski definition) is 1. The Morgan fingerprint density at radius 1 is 1.06 bits per heavy atom. The third-order valence-electron chi connectivity index (χ3n) is 4.55. The van der Waals surface area contributed by atoms with Gasteiger partial charge in [-0.3, -0.25) is 0 Å². The SMILES string of the molecule is CC(C)(C)c1ccc(C2(CCN)CCCC2)cc1. The van der Waals surface area contributed by atoms with E-state index in [0.717, 1.165) is 13.0 Å². The number of benzene rings is 1. The summed E-state index contributed by atoms with van der Waals surface area (Å²) in [5.41, 5.74) is 9.39. The zero-order valence-electron chi connectivity index (χ0n) is 12.1. The topological polar surface area (TPSA) is 26.0 Å². The molecule has 2 N–H and O–H groups in total. The Morgan fingerprint density at radius 2 is 1.61 bits per heavy atom. The minimum atomic E-state index is 0.245. The van der Waals surface area contributed by atoms with E-state index in [2.05, 4.69) is 45.0 Å². The molecule has 0 heterocycles. The Labute approximate surface area is 112 Å². The van der Waals surface area contributed by atoms with Crippen LogP contribution in [-0.4, -0.2) is 6.54 Å². The molecule has 0 aliphatic heterocycles. The smallest absolute Gasteiger partial charge is 0.00350 e. The van der Waals surface area contributed by atoms with Crippen molar-refractivity contribution in [3.8, 4) is 0 Å². The maximum absolute atomic E-state index is 5.83. The van der Waals surface area contributed by atoms with Crippen LogP contribution in [0.2, 0.25) is 0 Å². The molecule has 0 spiro atoms. The molecule has 18 heavy (non-hydrogen) atoms. The summed E-state index contributed by atoms with van der Waals surface area (Å²) in [7, 11) is 0. The van der Waals surface area contributed by atoms with Crippen LogP contribution in [0, 0.1) is 0 Å². The van der Waals surface area contributed by atoms with Crippen LogP contribution in [-0.2, 0) is 10.8 Å². The second-order valence-corrected chi connectivity index (χ2v) is 6.85. The van der Waals surface area contributed by atoms with Crippen molar-refractivity contribution in [2.45, 2.75) is 63.7 Å². The first-order valence-electron chi connectivity index (χ1n) is 7.29. The van der Waals surface area contributed by atoms with Gasteiger partial charge in [-0.25, -0.2) is 0 Å². The lowest BCUT2D eigenvalue weighted by atomic mass is 9.75. The molecule has 0 amide bonds.